The summed E-state index contributed by atoms with van der Waals surface area (Å²) in [4.78, 5) is 13.4. The Kier molecular flexibility index (Phi) is 4.93. The van der Waals surface area contributed by atoms with Crippen LogP contribution < -0.4 is 10.2 Å². The van der Waals surface area contributed by atoms with Crippen LogP contribution in [-0.2, 0) is 4.74 Å². The van der Waals surface area contributed by atoms with Crippen LogP contribution in [0.2, 0.25) is 0 Å². The van der Waals surface area contributed by atoms with Crippen molar-refractivity contribution in [2.24, 2.45) is 0 Å². The van der Waals surface area contributed by atoms with Crippen molar-refractivity contribution in [3.8, 4) is 0 Å². The Bertz CT molecular complexity index is 468. The summed E-state index contributed by atoms with van der Waals surface area (Å²) in [5.41, 5.74) is 1.45. The van der Waals surface area contributed by atoms with Gasteiger partial charge in [0.15, 0.2) is 6.61 Å². The molecule has 1 N–H and O–H groups in total. The number of anilines is 2. The molecule has 1 aromatic rings. The second kappa shape index (κ2) is 6.69. The van der Waals surface area contributed by atoms with Gasteiger partial charge in [0, 0.05) is 24.5 Å². The third-order valence-electron chi connectivity index (χ3n) is 3.20. The van der Waals surface area contributed by atoms with E-state index < -0.39 is 18.9 Å². The van der Waals surface area contributed by atoms with Crippen LogP contribution in [0, 0.1) is 0 Å². The molecule has 0 atom stereocenters. The lowest BCUT2D eigenvalue weighted by Crippen LogP contribution is -2.29. The van der Waals surface area contributed by atoms with Gasteiger partial charge in [0.05, 0.1) is 0 Å². The summed E-state index contributed by atoms with van der Waals surface area (Å²) in [7, 11) is 0. The quantitative estimate of drug-likeness (QED) is 0.923. The van der Waals surface area contributed by atoms with Crippen LogP contribution >= 0.6 is 0 Å². The number of halogens is 3. The Balaban J connectivity index is 1.85. The zero-order valence-corrected chi connectivity index (χ0v) is 11.4. The fraction of sp³-hybridized carbons (Fsp3) is 0.500. The fourth-order valence-electron chi connectivity index (χ4n) is 2.21. The lowest BCUT2D eigenvalue weighted by molar-refractivity contribution is -0.159. The predicted octanol–water partition coefficient (Wildman–Crippen LogP) is 3.79. The lowest BCUT2D eigenvalue weighted by atomic mass is 10.1. The van der Waals surface area contributed by atoms with E-state index >= 15 is 0 Å². The van der Waals surface area contributed by atoms with Crippen molar-refractivity contribution in [3.05, 3.63) is 24.3 Å². The molecule has 1 amide bonds. The van der Waals surface area contributed by atoms with Crippen molar-refractivity contribution in [3.63, 3.8) is 0 Å². The fourth-order valence-corrected chi connectivity index (χ4v) is 2.21. The largest absolute Gasteiger partial charge is 0.440 e. The van der Waals surface area contributed by atoms with Crippen molar-refractivity contribution >= 4 is 17.5 Å². The molecule has 2 rings (SSSR count). The molecular weight excluding hydrogens is 285 g/mol. The molecule has 116 valence electrons. The zero-order chi connectivity index (χ0) is 15.3. The molecule has 0 aliphatic carbocycles. The molecule has 0 aromatic heterocycles. The minimum atomic E-state index is -4.52. The normalized spacial score (nSPS) is 15.7. The van der Waals surface area contributed by atoms with E-state index in [1.807, 2.05) is 12.1 Å². The van der Waals surface area contributed by atoms with Gasteiger partial charge in [0.2, 0.25) is 0 Å². The van der Waals surface area contributed by atoms with Crippen molar-refractivity contribution in [1.29, 1.82) is 0 Å². The van der Waals surface area contributed by atoms with E-state index in [0.29, 0.717) is 5.69 Å². The van der Waals surface area contributed by atoms with E-state index in [0.717, 1.165) is 31.6 Å². The van der Waals surface area contributed by atoms with Crippen molar-refractivity contribution in [2.75, 3.05) is 29.9 Å². The van der Waals surface area contributed by atoms with Gasteiger partial charge in [-0.15, -0.1) is 0 Å². The van der Waals surface area contributed by atoms with Crippen LogP contribution in [0.15, 0.2) is 24.3 Å². The van der Waals surface area contributed by atoms with Crippen molar-refractivity contribution < 1.29 is 22.7 Å². The van der Waals surface area contributed by atoms with Crippen molar-refractivity contribution in [1.82, 2.24) is 0 Å². The van der Waals surface area contributed by atoms with Crippen LogP contribution in [0.3, 0.4) is 0 Å². The molecule has 0 radical (unpaired) electrons. The third-order valence-corrected chi connectivity index (χ3v) is 3.20. The first kappa shape index (κ1) is 15.5. The highest BCUT2D eigenvalue weighted by atomic mass is 19.4. The second-order valence-corrected chi connectivity index (χ2v) is 4.91. The number of carbonyl (C=O) groups excluding carboxylic acids is 1. The van der Waals surface area contributed by atoms with Gasteiger partial charge in [-0.1, -0.05) is 0 Å². The minimum absolute atomic E-state index is 0.405. The van der Waals surface area contributed by atoms with E-state index in [2.05, 4.69) is 15.0 Å². The molecule has 21 heavy (non-hydrogen) atoms. The highest BCUT2D eigenvalue weighted by molar-refractivity contribution is 5.84. The van der Waals surface area contributed by atoms with Crippen LogP contribution in [-0.4, -0.2) is 32.0 Å². The zero-order valence-electron chi connectivity index (χ0n) is 11.4. The van der Waals surface area contributed by atoms with Gasteiger partial charge in [0.25, 0.3) is 0 Å². The van der Waals surface area contributed by atoms with Gasteiger partial charge in [-0.25, -0.2) is 4.79 Å². The minimum Gasteiger partial charge on any atom is -0.440 e. The van der Waals surface area contributed by atoms with E-state index in [9.17, 15) is 18.0 Å². The molecule has 1 heterocycles. The van der Waals surface area contributed by atoms with Gasteiger partial charge in [-0.2, -0.15) is 13.2 Å². The summed E-state index contributed by atoms with van der Waals surface area (Å²) < 4.78 is 39.8. The second-order valence-electron chi connectivity index (χ2n) is 4.91. The van der Waals surface area contributed by atoms with Crippen LogP contribution in [0.25, 0.3) is 0 Å². The maximum Gasteiger partial charge on any atom is 0.422 e. The van der Waals surface area contributed by atoms with Gasteiger partial charge in [-0.3, -0.25) is 5.32 Å². The molecule has 1 aromatic carbocycles. The first-order valence-electron chi connectivity index (χ1n) is 6.79. The number of rotatable bonds is 3. The summed E-state index contributed by atoms with van der Waals surface area (Å²) in [6.45, 7) is 0.408. The molecular formula is C14H17F3N2O2. The van der Waals surface area contributed by atoms with Crippen LogP contribution in [0.5, 0.6) is 0 Å². The summed E-state index contributed by atoms with van der Waals surface area (Å²) >= 11 is 0. The van der Waals surface area contributed by atoms with Gasteiger partial charge < -0.3 is 9.64 Å². The number of alkyl halides is 3. The van der Waals surface area contributed by atoms with Crippen molar-refractivity contribution in [2.45, 2.75) is 25.4 Å². The monoisotopic (exact) mass is 302 g/mol. The highest BCUT2D eigenvalue weighted by Crippen LogP contribution is 2.22. The number of hydrogen-bond donors (Lipinski definition) is 1. The molecule has 0 spiro atoms. The van der Waals surface area contributed by atoms with Gasteiger partial charge in [0.1, 0.15) is 0 Å². The van der Waals surface area contributed by atoms with E-state index in [1.165, 1.54) is 6.42 Å². The standard InChI is InChI=1S/C14H17F3N2O2/c15-14(16,17)10-21-13(20)18-11-4-6-12(7-5-11)19-8-2-1-3-9-19/h4-7H,1-3,8-10H2,(H,18,20). The molecule has 4 nitrogen and oxygen atoms in total. The Morgan fingerprint density at radius 1 is 1.14 bits per heavy atom. The summed E-state index contributed by atoms with van der Waals surface area (Å²) in [5, 5.41) is 2.26. The molecule has 1 fully saturated rings. The Morgan fingerprint density at radius 2 is 1.76 bits per heavy atom. The molecule has 1 saturated heterocycles. The molecule has 0 unspecified atom stereocenters. The molecule has 0 saturated carbocycles. The van der Waals surface area contributed by atoms with Gasteiger partial charge in [-0.05, 0) is 43.5 Å². The topological polar surface area (TPSA) is 41.6 Å². The van der Waals surface area contributed by atoms with E-state index in [-0.39, 0.29) is 0 Å². The first-order valence-corrected chi connectivity index (χ1v) is 6.79. The number of benzene rings is 1. The average molecular weight is 302 g/mol. The Labute approximate surface area is 120 Å². The van der Waals surface area contributed by atoms with E-state index in [4.69, 9.17) is 0 Å². The number of carbonyl (C=O) groups is 1. The Morgan fingerprint density at radius 3 is 2.33 bits per heavy atom. The molecule has 7 heteroatoms. The average Bonchev–Trinajstić information content (AvgIpc) is 2.46. The summed E-state index contributed by atoms with van der Waals surface area (Å²) in [6, 6.07) is 6.98. The molecule has 1 aliphatic heterocycles. The summed E-state index contributed by atoms with van der Waals surface area (Å²) in [6.07, 6.45) is -2.08. The maximum absolute atomic E-state index is 11.9. The lowest BCUT2D eigenvalue weighted by Gasteiger charge is -2.28. The molecule has 1 aliphatic rings. The first-order chi connectivity index (χ1) is 9.94. The number of nitrogens with zero attached hydrogens (tertiary/aromatic N) is 1. The number of piperidine rings is 1. The smallest absolute Gasteiger partial charge is 0.422 e. The molecule has 0 bridgehead atoms. The highest BCUT2D eigenvalue weighted by Gasteiger charge is 2.29. The third kappa shape index (κ3) is 5.17. The SMILES string of the molecule is O=C(Nc1ccc(N2CCCCC2)cc1)OCC(F)(F)F. The number of hydrogen-bond acceptors (Lipinski definition) is 3. The number of ether oxygens (including phenoxy) is 1. The van der Waals surface area contributed by atoms with E-state index in [1.54, 1.807) is 12.1 Å². The predicted molar refractivity (Wildman–Crippen MR) is 73.5 cm³/mol. The number of amides is 1. The summed E-state index contributed by atoms with van der Waals surface area (Å²) in [5.74, 6) is 0. The Hall–Kier alpha value is -1.92. The maximum atomic E-state index is 11.9. The van der Waals surface area contributed by atoms with Crippen LogP contribution in [0.4, 0.5) is 29.3 Å². The van der Waals surface area contributed by atoms with Gasteiger partial charge >= 0.3 is 12.3 Å². The van der Waals surface area contributed by atoms with Crippen LogP contribution in [0.1, 0.15) is 19.3 Å². The number of nitrogens with one attached hydrogen (secondary N) is 1.